The fourth-order valence-corrected chi connectivity index (χ4v) is 3.73. The van der Waals surface area contributed by atoms with E-state index in [4.69, 9.17) is 11.5 Å². The Hall–Kier alpha value is -2.58. The van der Waals surface area contributed by atoms with Crippen molar-refractivity contribution in [3.63, 3.8) is 0 Å². The van der Waals surface area contributed by atoms with Crippen molar-refractivity contribution in [1.29, 1.82) is 0 Å². The maximum Gasteiger partial charge on any atom is 0.326 e. The maximum absolute atomic E-state index is 12.6. The van der Waals surface area contributed by atoms with E-state index < -0.39 is 21.8 Å². The van der Waals surface area contributed by atoms with Crippen molar-refractivity contribution in [1.82, 2.24) is 0 Å². The molecule has 0 saturated carbocycles. The first-order valence-electron chi connectivity index (χ1n) is 8.24. The van der Waals surface area contributed by atoms with Crippen molar-refractivity contribution in [2.75, 3.05) is 17.6 Å². The molecule has 0 fully saturated rings. The average molecular weight is 377 g/mol. The Kier molecular flexibility index (Phi) is 6.59. The second-order valence-electron chi connectivity index (χ2n) is 5.92. The lowest BCUT2D eigenvalue weighted by molar-refractivity contribution is -0.138. The van der Waals surface area contributed by atoms with Gasteiger partial charge in [-0.15, -0.1) is 0 Å². The van der Waals surface area contributed by atoms with E-state index >= 15 is 0 Å². The third kappa shape index (κ3) is 4.96. The average Bonchev–Trinajstić information content (AvgIpc) is 2.61. The minimum Gasteiger partial charge on any atom is -0.480 e. The summed E-state index contributed by atoms with van der Waals surface area (Å²) in [6.45, 7) is 0.518. The molecular weight excluding hydrogens is 354 g/mol. The normalized spacial score (nSPS) is 12.5. The molecule has 0 bridgehead atoms. The lowest BCUT2D eigenvalue weighted by atomic mass is 10.1. The molecule has 2 rings (SSSR count). The number of nitrogen functional groups attached to an aromatic ring is 1. The molecule has 140 valence electrons. The number of anilines is 2. The van der Waals surface area contributed by atoms with Crippen LogP contribution < -0.4 is 16.8 Å². The number of carboxylic acid groups (broad SMARTS) is 1. The Morgan fingerprint density at radius 2 is 1.54 bits per heavy atom. The van der Waals surface area contributed by atoms with Gasteiger partial charge in [0.05, 0.1) is 9.79 Å². The van der Waals surface area contributed by atoms with Crippen LogP contribution in [-0.2, 0) is 14.6 Å². The predicted molar refractivity (Wildman–Crippen MR) is 101 cm³/mol. The molecule has 0 aliphatic rings. The van der Waals surface area contributed by atoms with Crippen molar-refractivity contribution < 1.29 is 18.3 Å². The van der Waals surface area contributed by atoms with E-state index in [1.165, 1.54) is 36.4 Å². The molecule has 0 heterocycles. The summed E-state index contributed by atoms with van der Waals surface area (Å²) >= 11 is 0. The van der Waals surface area contributed by atoms with Crippen LogP contribution in [-0.4, -0.2) is 32.1 Å². The van der Waals surface area contributed by atoms with Gasteiger partial charge in [0.1, 0.15) is 6.04 Å². The molecule has 0 amide bonds. The van der Waals surface area contributed by atoms with E-state index in [9.17, 15) is 18.3 Å². The van der Waals surface area contributed by atoms with Crippen molar-refractivity contribution in [2.45, 2.75) is 35.1 Å². The highest BCUT2D eigenvalue weighted by atomic mass is 32.2. The smallest absolute Gasteiger partial charge is 0.326 e. The number of unbranched alkanes of at least 4 members (excludes halogenated alkanes) is 1. The number of carbonyl (C=O) groups is 1. The summed E-state index contributed by atoms with van der Waals surface area (Å²) in [5, 5.41) is 12.2. The van der Waals surface area contributed by atoms with E-state index in [0.717, 1.165) is 6.42 Å². The number of sulfone groups is 1. The number of rotatable bonds is 9. The molecule has 7 nitrogen and oxygen atoms in total. The lowest BCUT2D eigenvalue weighted by Gasteiger charge is -2.16. The quantitative estimate of drug-likeness (QED) is 0.388. The number of nitrogens with one attached hydrogen (secondary N) is 1. The van der Waals surface area contributed by atoms with Gasteiger partial charge < -0.3 is 21.9 Å². The van der Waals surface area contributed by atoms with Gasteiger partial charge in [-0.2, -0.15) is 0 Å². The summed E-state index contributed by atoms with van der Waals surface area (Å²) in [6, 6.07) is 11.2. The van der Waals surface area contributed by atoms with Crippen LogP contribution in [0.5, 0.6) is 0 Å². The van der Waals surface area contributed by atoms with E-state index in [2.05, 4.69) is 5.32 Å². The first-order valence-corrected chi connectivity index (χ1v) is 9.73. The number of hydrogen-bond acceptors (Lipinski definition) is 6. The molecule has 0 aliphatic carbocycles. The molecule has 26 heavy (non-hydrogen) atoms. The van der Waals surface area contributed by atoms with Gasteiger partial charge in [0.15, 0.2) is 0 Å². The van der Waals surface area contributed by atoms with E-state index in [1.807, 2.05) is 0 Å². The summed E-state index contributed by atoms with van der Waals surface area (Å²) in [7, 11) is -3.65. The third-order valence-electron chi connectivity index (χ3n) is 3.94. The van der Waals surface area contributed by atoms with Crippen LogP contribution >= 0.6 is 0 Å². The van der Waals surface area contributed by atoms with Crippen LogP contribution in [0, 0.1) is 0 Å². The minimum atomic E-state index is -3.65. The lowest BCUT2D eigenvalue weighted by Crippen LogP contribution is -2.29. The molecular formula is C18H23N3O4S. The van der Waals surface area contributed by atoms with Crippen molar-refractivity contribution in [2.24, 2.45) is 5.73 Å². The number of aliphatic carboxylic acids is 1. The van der Waals surface area contributed by atoms with Gasteiger partial charge in [-0.3, -0.25) is 0 Å². The van der Waals surface area contributed by atoms with Gasteiger partial charge in [0.25, 0.3) is 0 Å². The number of carboxylic acids is 1. The molecule has 2 aromatic carbocycles. The van der Waals surface area contributed by atoms with Crippen LogP contribution in [0.25, 0.3) is 0 Å². The Morgan fingerprint density at radius 1 is 1.00 bits per heavy atom. The van der Waals surface area contributed by atoms with Crippen LogP contribution in [0.3, 0.4) is 0 Å². The maximum atomic E-state index is 12.6. The SMILES string of the molecule is NCCCC[C@H](Nc1ccc(S(=O)(=O)c2ccc(N)cc2)cc1)C(=O)O. The molecule has 1 atom stereocenters. The number of hydrogen-bond donors (Lipinski definition) is 4. The van der Waals surface area contributed by atoms with Crippen LogP contribution in [0.2, 0.25) is 0 Å². The molecule has 0 aromatic heterocycles. The Morgan fingerprint density at radius 3 is 2.04 bits per heavy atom. The topological polar surface area (TPSA) is 136 Å². The Bertz CT molecular complexity index is 834. The first kappa shape index (κ1) is 19.7. The van der Waals surface area contributed by atoms with Gasteiger partial charge >= 0.3 is 5.97 Å². The van der Waals surface area contributed by atoms with Crippen molar-refractivity contribution in [3.05, 3.63) is 48.5 Å². The zero-order valence-electron chi connectivity index (χ0n) is 14.3. The summed E-state index contributed by atoms with van der Waals surface area (Å²) in [6.07, 6.45) is 1.90. The van der Waals surface area contributed by atoms with Crippen molar-refractivity contribution >= 4 is 27.2 Å². The highest BCUT2D eigenvalue weighted by Gasteiger charge is 2.19. The second-order valence-corrected chi connectivity index (χ2v) is 7.87. The predicted octanol–water partition coefficient (Wildman–Crippen LogP) is 2.10. The first-order chi connectivity index (χ1) is 12.3. The molecule has 0 aliphatic heterocycles. The Labute approximate surface area is 152 Å². The zero-order valence-corrected chi connectivity index (χ0v) is 15.1. The summed E-state index contributed by atoms with van der Waals surface area (Å²) in [5.74, 6) is -0.958. The van der Waals surface area contributed by atoms with E-state index in [1.54, 1.807) is 12.1 Å². The standard InChI is InChI=1S/C18H23N3O4S/c19-12-2-1-3-17(18(22)23)21-14-6-10-16(11-7-14)26(24,25)15-8-4-13(20)5-9-15/h4-11,17,21H,1-3,12,19-20H2,(H,22,23)/t17-/m0/s1. The van der Waals surface area contributed by atoms with Gasteiger partial charge in [-0.05, 0) is 74.3 Å². The van der Waals surface area contributed by atoms with Gasteiger partial charge in [-0.25, -0.2) is 13.2 Å². The second kappa shape index (κ2) is 8.68. The van der Waals surface area contributed by atoms with Crippen molar-refractivity contribution in [3.8, 4) is 0 Å². The largest absolute Gasteiger partial charge is 0.480 e. The minimum absolute atomic E-state index is 0.128. The highest BCUT2D eigenvalue weighted by Crippen LogP contribution is 2.23. The van der Waals surface area contributed by atoms with Crippen LogP contribution in [0.1, 0.15) is 19.3 Å². The molecule has 0 radical (unpaired) electrons. The molecule has 0 unspecified atom stereocenters. The number of benzene rings is 2. The third-order valence-corrected chi connectivity index (χ3v) is 5.73. The molecule has 0 saturated heterocycles. The fourth-order valence-electron chi connectivity index (χ4n) is 2.46. The number of nitrogens with two attached hydrogens (primary N) is 2. The van der Waals surface area contributed by atoms with Gasteiger partial charge in [0.2, 0.25) is 9.84 Å². The highest BCUT2D eigenvalue weighted by molar-refractivity contribution is 7.91. The summed E-state index contributed by atoms with van der Waals surface area (Å²) in [5.41, 5.74) is 12.0. The van der Waals surface area contributed by atoms with Crippen LogP contribution in [0.15, 0.2) is 58.3 Å². The zero-order chi connectivity index (χ0) is 19.2. The molecule has 0 spiro atoms. The molecule has 2 aromatic rings. The van der Waals surface area contributed by atoms with E-state index in [0.29, 0.717) is 30.8 Å². The summed E-state index contributed by atoms with van der Waals surface area (Å²) in [4.78, 5) is 11.6. The summed E-state index contributed by atoms with van der Waals surface area (Å²) < 4.78 is 25.2. The van der Waals surface area contributed by atoms with E-state index in [-0.39, 0.29) is 9.79 Å². The fraction of sp³-hybridized carbons (Fsp3) is 0.278. The van der Waals surface area contributed by atoms with Gasteiger partial charge in [0, 0.05) is 11.4 Å². The molecule has 8 heteroatoms. The Balaban J connectivity index is 2.14. The van der Waals surface area contributed by atoms with Gasteiger partial charge in [-0.1, -0.05) is 0 Å². The molecule has 6 N–H and O–H groups in total. The monoisotopic (exact) mass is 377 g/mol. The van der Waals surface area contributed by atoms with Crippen LogP contribution in [0.4, 0.5) is 11.4 Å².